The van der Waals surface area contributed by atoms with Crippen LogP contribution in [0.25, 0.3) is 0 Å². The maximum Gasteiger partial charge on any atom is 0.505 e. The van der Waals surface area contributed by atoms with Crippen LogP contribution in [0.15, 0.2) is 0 Å². The molecule has 0 fully saturated rings. The van der Waals surface area contributed by atoms with E-state index in [-0.39, 0.29) is 5.41 Å². The maximum atomic E-state index is 10.2. The summed E-state index contributed by atoms with van der Waals surface area (Å²) in [5.41, 5.74) is -0.0117. The summed E-state index contributed by atoms with van der Waals surface area (Å²) in [6.07, 6.45) is 0.391. The minimum Gasteiger partial charge on any atom is -0.161 e. The van der Waals surface area contributed by atoms with Crippen LogP contribution in [0.5, 0.6) is 0 Å². The molecule has 0 aromatic rings. The number of rotatable bonds is 1. The molecule has 0 aliphatic heterocycles. The van der Waals surface area contributed by atoms with Crippen molar-refractivity contribution in [3.8, 4) is 0 Å². The van der Waals surface area contributed by atoms with E-state index in [1.807, 2.05) is 20.8 Å². The fourth-order valence-corrected chi connectivity index (χ4v) is 1.22. The normalized spacial score (nSPS) is 13.8. The molecule has 48 valence electrons. The van der Waals surface area contributed by atoms with E-state index >= 15 is 0 Å². The lowest BCUT2D eigenvalue weighted by Gasteiger charge is -2.07. The molecule has 1 atom stereocenters. The Hall–Kier alpha value is 0.0600. The predicted octanol–water partition coefficient (Wildman–Crippen LogP) is 1.77. The van der Waals surface area contributed by atoms with Crippen molar-refractivity contribution in [1.29, 1.82) is 0 Å². The van der Waals surface area contributed by atoms with Gasteiger partial charge in [0.2, 0.25) is 0 Å². The van der Waals surface area contributed by atoms with Gasteiger partial charge in [-0.25, -0.2) is 0 Å². The fraction of sp³-hybridized carbons (Fsp3) is 1.00. The molecule has 3 heteroatoms. The highest BCUT2D eigenvalue weighted by molar-refractivity contribution is 7.38. The second-order valence-electron chi connectivity index (χ2n) is 3.07. The highest BCUT2D eigenvalue weighted by atomic mass is 31.1. The largest absolute Gasteiger partial charge is 0.505 e. The van der Waals surface area contributed by atoms with E-state index in [0.717, 1.165) is 0 Å². The van der Waals surface area contributed by atoms with Gasteiger partial charge in [-0.15, -0.1) is 0 Å². The lowest BCUT2D eigenvalue weighted by atomic mass is 10.0. The first-order chi connectivity index (χ1) is 3.42. The van der Waals surface area contributed by atoms with E-state index < -0.39 is 8.03 Å². The minimum atomic E-state index is -1.94. The first kappa shape index (κ1) is 8.06. The van der Waals surface area contributed by atoms with Gasteiger partial charge >= 0.3 is 8.03 Å². The monoisotopic (exact) mass is 135 g/mol. The van der Waals surface area contributed by atoms with Crippen LogP contribution < -0.4 is 0 Å². The summed E-state index contributed by atoms with van der Waals surface area (Å²) in [5.74, 6) is 0. The number of hydrogen-bond acceptors (Lipinski definition) is 1. The van der Waals surface area contributed by atoms with Gasteiger partial charge in [0, 0.05) is 5.41 Å². The molecule has 0 heterocycles. The van der Waals surface area contributed by atoms with E-state index in [1.54, 1.807) is 0 Å². The van der Waals surface area contributed by atoms with Crippen molar-refractivity contribution in [3.05, 3.63) is 0 Å². The molecule has 0 radical (unpaired) electrons. The Morgan fingerprint density at radius 3 is 1.88 bits per heavy atom. The Kier molecular flexibility index (Phi) is 2.58. The van der Waals surface area contributed by atoms with Crippen molar-refractivity contribution in [2.45, 2.75) is 20.8 Å². The summed E-state index contributed by atoms with van der Waals surface area (Å²) < 4.78 is 10.2. The molecule has 0 aromatic heterocycles. The summed E-state index contributed by atoms with van der Waals surface area (Å²) in [7, 11) is -1.94. The highest BCUT2D eigenvalue weighted by Crippen LogP contribution is 2.26. The maximum absolute atomic E-state index is 10.2. The minimum absolute atomic E-state index is 0.0117. The Balaban J connectivity index is 3.55. The van der Waals surface area contributed by atoms with Crippen molar-refractivity contribution in [2.75, 3.05) is 6.16 Å². The van der Waals surface area contributed by atoms with Crippen LogP contribution in [-0.4, -0.2) is 11.1 Å². The van der Waals surface area contributed by atoms with Crippen LogP contribution in [0.2, 0.25) is 0 Å². The SMILES string of the molecule is CC(C)(C)C[P+](=O)O. The number of hydrogen-bond donors (Lipinski definition) is 1. The van der Waals surface area contributed by atoms with Gasteiger partial charge in [-0.05, 0) is 4.57 Å². The molecule has 0 aliphatic rings. The van der Waals surface area contributed by atoms with Crippen molar-refractivity contribution < 1.29 is 9.46 Å². The van der Waals surface area contributed by atoms with E-state index in [9.17, 15) is 4.57 Å². The topological polar surface area (TPSA) is 37.3 Å². The Morgan fingerprint density at radius 1 is 1.50 bits per heavy atom. The fourth-order valence-electron chi connectivity index (χ4n) is 0.406. The first-order valence-electron chi connectivity index (χ1n) is 2.55. The highest BCUT2D eigenvalue weighted by Gasteiger charge is 2.23. The molecule has 1 N–H and O–H groups in total. The molecular weight excluding hydrogens is 123 g/mol. The molecule has 0 bridgehead atoms. The van der Waals surface area contributed by atoms with Crippen molar-refractivity contribution in [3.63, 3.8) is 0 Å². The van der Waals surface area contributed by atoms with Crippen molar-refractivity contribution in [1.82, 2.24) is 0 Å². The Bertz CT molecular complexity index is 93.1. The predicted molar refractivity (Wildman–Crippen MR) is 34.1 cm³/mol. The van der Waals surface area contributed by atoms with Crippen LogP contribution in [0.3, 0.4) is 0 Å². The van der Waals surface area contributed by atoms with Gasteiger partial charge in [0.05, 0.1) is 0 Å². The summed E-state index contributed by atoms with van der Waals surface area (Å²) in [6, 6.07) is 0. The van der Waals surface area contributed by atoms with Gasteiger partial charge < -0.3 is 0 Å². The summed E-state index contributed by atoms with van der Waals surface area (Å²) >= 11 is 0. The lowest BCUT2D eigenvalue weighted by molar-refractivity contribution is 0.434. The second-order valence-corrected chi connectivity index (χ2v) is 4.09. The summed E-state index contributed by atoms with van der Waals surface area (Å²) in [4.78, 5) is 8.40. The third-order valence-corrected chi connectivity index (χ3v) is 1.83. The molecule has 2 nitrogen and oxygen atoms in total. The molecule has 0 aromatic carbocycles. The molecule has 0 spiro atoms. The molecule has 0 saturated carbocycles. The van der Waals surface area contributed by atoms with Crippen molar-refractivity contribution in [2.24, 2.45) is 5.41 Å². The Labute approximate surface area is 50.8 Å². The van der Waals surface area contributed by atoms with Crippen LogP contribution in [0, 0.1) is 5.41 Å². The van der Waals surface area contributed by atoms with E-state index in [1.165, 1.54) is 0 Å². The van der Waals surface area contributed by atoms with E-state index in [2.05, 4.69) is 0 Å². The standard InChI is InChI=1S/C5H11O2P/c1-5(2,3)4-8(6)7/h4H2,1-3H3/p+1. The van der Waals surface area contributed by atoms with Gasteiger partial charge in [-0.1, -0.05) is 20.8 Å². The molecule has 8 heavy (non-hydrogen) atoms. The molecule has 0 rings (SSSR count). The molecule has 0 saturated heterocycles. The van der Waals surface area contributed by atoms with Crippen LogP contribution in [0.4, 0.5) is 0 Å². The third kappa shape index (κ3) is 6.06. The first-order valence-corrected chi connectivity index (χ1v) is 3.95. The summed E-state index contributed by atoms with van der Waals surface area (Å²) in [6.45, 7) is 5.82. The zero-order valence-corrected chi connectivity index (χ0v) is 6.40. The van der Waals surface area contributed by atoms with Crippen molar-refractivity contribution >= 4 is 8.03 Å². The van der Waals surface area contributed by atoms with Crippen LogP contribution in [0.1, 0.15) is 20.8 Å². The van der Waals surface area contributed by atoms with E-state index in [0.29, 0.717) is 6.16 Å². The van der Waals surface area contributed by atoms with Gasteiger partial charge in [0.1, 0.15) is 0 Å². The van der Waals surface area contributed by atoms with E-state index in [4.69, 9.17) is 4.89 Å². The average Bonchev–Trinajstić information content (AvgIpc) is 1.21. The third-order valence-electron chi connectivity index (χ3n) is 0.610. The molecular formula is C5H12O2P+. The Morgan fingerprint density at radius 2 is 1.88 bits per heavy atom. The summed E-state index contributed by atoms with van der Waals surface area (Å²) in [5, 5.41) is 0. The van der Waals surface area contributed by atoms with Gasteiger partial charge in [-0.3, -0.25) is 0 Å². The van der Waals surface area contributed by atoms with Gasteiger partial charge in [-0.2, -0.15) is 4.89 Å². The second kappa shape index (κ2) is 2.56. The quantitative estimate of drug-likeness (QED) is 0.556. The molecule has 1 unspecified atom stereocenters. The van der Waals surface area contributed by atoms with Gasteiger partial charge in [0.15, 0.2) is 6.16 Å². The zero-order chi connectivity index (χ0) is 6.78. The molecule has 0 amide bonds. The van der Waals surface area contributed by atoms with Gasteiger partial charge in [0.25, 0.3) is 0 Å². The van der Waals surface area contributed by atoms with Crippen LogP contribution in [-0.2, 0) is 4.57 Å². The lowest BCUT2D eigenvalue weighted by Crippen LogP contribution is -2.07. The van der Waals surface area contributed by atoms with Crippen LogP contribution >= 0.6 is 8.03 Å². The molecule has 0 aliphatic carbocycles. The smallest absolute Gasteiger partial charge is 0.161 e. The zero-order valence-electron chi connectivity index (χ0n) is 5.51. The average molecular weight is 135 g/mol.